The molecule has 1 aliphatic rings. The summed E-state index contributed by atoms with van der Waals surface area (Å²) in [6.07, 6.45) is 4.88. The van der Waals surface area contributed by atoms with E-state index in [4.69, 9.17) is 5.73 Å². The molecule has 1 aromatic carbocycles. The molecular weight excluding hydrogens is 288 g/mol. The number of nitrogens with two attached hydrogens (primary N) is 1. The lowest BCUT2D eigenvalue weighted by Crippen LogP contribution is -2.40. The molecule has 0 spiro atoms. The molecule has 0 aliphatic heterocycles. The number of benzene rings is 1. The fourth-order valence-corrected chi connectivity index (χ4v) is 3.05. The molecule has 2 nitrogen and oxygen atoms in total. The lowest BCUT2D eigenvalue weighted by Gasteiger charge is -2.35. The first-order valence-electron chi connectivity index (χ1n) is 6.93. The molecule has 18 heavy (non-hydrogen) atoms. The van der Waals surface area contributed by atoms with Crippen LogP contribution in [-0.4, -0.2) is 23.5 Å². The first-order valence-corrected chi connectivity index (χ1v) is 7.72. The molecule has 1 aromatic rings. The van der Waals surface area contributed by atoms with Gasteiger partial charge in [0.05, 0.1) is 0 Å². The van der Waals surface area contributed by atoms with Crippen LogP contribution in [0.3, 0.4) is 0 Å². The summed E-state index contributed by atoms with van der Waals surface area (Å²) in [7, 11) is 0. The lowest BCUT2D eigenvalue weighted by atomic mass is 9.90. The van der Waals surface area contributed by atoms with Gasteiger partial charge in [-0.2, -0.15) is 0 Å². The maximum atomic E-state index is 5.98. The molecule has 3 heteroatoms. The molecular formula is C15H23BrN2. The largest absolute Gasteiger partial charge is 0.328 e. The summed E-state index contributed by atoms with van der Waals surface area (Å²) in [6, 6.07) is 9.83. The van der Waals surface area contributed by atoms with Crippen molar-refractivity contribution in [2.45, 2.75) is 51.2 Å². The molecule has 0 atom stereocenters. The maximum Gasteiger partial charge on any atom is 0.0236 e. The second-order valence-electron chi connectivity index (χ2n) is 5.26. The van der Waals surface area contributed by atoms with Gasteiger partial charge in [0.25, 0.3) is 0 Å². The molecule has 0 unspecified atom stereocenters. The maximum absolute atomic E-state index is 5.98. The van der Waals surface area contributed by atoms with Crippen molar-refractivity contribution in [1.82, 2.24) is 4.90 Å². The van der Waals surface area contributed by atoms with Crippen LogP contribution in [0.15, 0.2) is 28.7 Å². The predicted molar refractivity (Wildman–Crippen MR) is 80.5 cm³/mol. The van der Waals surface area contributed by atoms with Gasteiger partial charge in [0.15, 0.2) is 0 Å². The zero-order valence-electron chi connectivity index (χ0n) is 11.1. The van der Waals surface area contributed by atoms with Gasteiger partial charge in [0.2, 0.25) is 0 Å². The smallest absolute Gasteiger partial charge is 0.0236 e. The van der Waals surface area contributed by atoms with Crippen LogP contribution in [0.2, 0.25) is 0 Å². The van der Waals surface area contributed by atoms with Gasteiger partial charge in [-0.3, -0.25) is 4.90 Å². The van der Waals surface area contributed by atoms with Gasteiger partial charge in [-0.15, -0.1) is 0 Å². The van der Waals surface area contributed by atoms with E-state index in [0.717, 1.165) is 23.6 Å². The van der Waals surface area contributed by atoms with E-state index in [1.807, 2.05) is 0 Å². The average Bonchev–Trinajstić information content (AvgIpc) is 2.39. The van der Waals surface area contributed by atoms with E-state index in [0.29, 0.717) is 6.04 Å². The van der Waals surface area contributed by atoms with Crippen LogP contribution >= 0.6 is 15.9 Å². The van der Waals surface area contributed by atoms with Gasteiger partial charge >= 0.3 is 0 Å². The van der Waals surface area contributed by atoms with Crippen molar-refractivity contribution in [1.29, 1.82) is 0 Å². The monoisotopic (exact) mass is 310 g/mol. The Hall–Kier alpha value is -0.380. The Morgan fingerprint density at radius 1 is 1.17 bits per heavy atom. The van der Waals surface area contributed by atoms with E-state index in [9.17, 15) is 0 Å². The first-order chi connectivity index (χ1) is 8.69. The normalized spacial score (nSPS) is 24.4. The Bertz CT molecular complexity index is 355. The highest BCUT2D eigenvalue weighted by Gasteiger charge is 2.23. The average molecular weight is 311 g/mol. The Morgan fingerprint density at radius 3 is 2.33 bits per heavy atom. The molecule has 1 fully saturated rings. The topological polar surface area (TPSA) is 29.3 Å². The van der Waals surface area contributed by atoms with E-state index in [-0.39, 0.29) is 0 Å². The fraction of sp³-hybridized carbons (Fsp3) is 0.600. The van der Waals surface area contributed by atoms with E-state index in [1.165, 1.54) is 31.2 Å². The Morgan fingerprint density at radius 2 is 1.78 bits per heavy atom. The molecule has 0 radical (unpaired) electrons. The third kappa shape index (κ3) is 3.81. The van der Waals surface area contributed by atoms with Gasteiger partial charge in [0, 0.05) is 23.1 Å². The van der Waals surface area contributed by atoms with E-state index in [1.54, 1.807) is 0 Å². The van der Waals surface area contributed by atoms with Crippen molar-refractivity contribution < 1.29 is 0 Å². The van der Waals surface area contributed by atoms with Crippen LogP contribution < -0.4 is 5.73 Å². The number of halogens is 1. The number of rotatable bonds is 4. The number of hydrogen-bond acceptors (Lipinski definition) is 2. The van der Waals surface area contributed by atoms with Crippen molar-refractivity contribution in [2.24, 2.45) is 5.73 Å². The molecule has 0 bridgehead atoms. The summed E-state index contributed by atoms with van der Waals surface area (Å²) in [5.41, 5.74) is 7.38. The lowest BCUT2D eigenvalue weighted by molar-refractivity contribution is 0.149. The minimum atomic E-state index is 0.438. The molecule has 100 valence electrons. The molecule has 0 heterocycles. The quantitative estimate of drug-likeness (QED) is 0.921. The van der Waals surface area contributed by atoms with Gasteiger partial charge < -0.3 is 5.73 Å². The molecule has 0 amide bonds. The van der Waals surface area contributed by atoms with E-state index >= 15 is 0 Å². The molecule has 0 aromatic heterocycles. The SMILES string of the molecule is CCN(Cc1ccc(Br)cc1)C1CCC(N)CC1. The third-order valence-electron chi connectivity index (χ3n) is 3.96. The van der Waals surface area contributed by atoms with Crippen molar-refractivity contribution in [2.75, 3.05) is 6.54 Å². The summed E-state index contributed by atoms with van der Waals surface area (Å²) < 4.78 is 1.15. The highest BCUT2D eigenvalue weighted by atomic mass is 79.9. The standard InChI is InChI=1S/C15H23BrN2/c1-2-18(15-9-7-14(17)8-10-15)11-12-3-5-13(16)6-4-12/h3-6,14-15H,2,7-11,17H2,1H3. The van der Waals surface area contributed by atoms with Crippen molar-refractivity contribution in [3.05, 3.63) is 34.3 Å². The zero-order chi connectivity index (χ0) is 13.0. The Balaban J connectivity index is 1.94. The second kappa shape index (κ2) is 6.69. The molecule has 2 rings (SSSR count). The van der Waals surface area contributed by atoms with Crippen molar-refractivity contribution >= 4 is 15.9 Å². The van der Waals surface area contributed by atoms with Gasteiger partial charge in [-0.05, 0) is 49.9 Å². The van der Waals surface area contributed by atoms with Crippen LogP contribution in [0.25, 0.3) is 0 Å². The summed E-state index contributed by atoms with van der Waals surface area (Å²) in [4.78, 5) is 2.59. The van der Waals surface area contributed by atoms with Gasteiger partial charge in [0.1, 0.15) is 0 Å². The van der Waals surface area contributed by atoms with Crippen LogP contribution in [-0.2, 0) is 6.54 Å². The first kappa shape index (κ1) is 14.0. The van der Waals surface area contributed by atoms with Crippen LogP contribution in [0.5, 0.6) is 0 Å². The third-order valence-corrected chi connectivity index (χ3v) is 4.49. The fourth-order valence-electron chi connectivity index (χ4n) is 2.79. The molecule has 1 aliphatic carbocycles. The minimum absolute atomic E-state index is 0.438. The zero-order valence-corrected chi connectivity index (χ0v) is 12.7. The number of hydrogen-bond donors (Lipinski definition) is 1. The second-order valence-corrected chi connectivity index (χ2v) is 6.17. The molecule has 2 N–H and O–H groups in total. The predicted octanol–water partition coefficient (Wildman–Crippen LogP) is 3.54. The molecule has 0 saturated heterocycles. The summed E-state index contributed by atoms with van der Waals surface area (Å²) >= 11 is 3.48. The highest BCUT2D eigenvalue weighted by Crippen LogP contribution is 2.23. The molecule has 1 saturated carbocycles. The van der Waals surface area contributed by atoms with E-state index in [2.05, 4.69) is 52.0 Å². The van der Waals surface area contributed by atoms with Gasteiger partial charge in [-0.25, -0.2) is 0 Å². The Labute approximate surface area is 119 Å². The van der Waals surface area contributed by atoms with Gasteiger partial charge in [-0.1, -0.05) is 35.0 Å². The van der Waals surface area contributed by atoms with Crippen molar-refractivity contribution in [3.8, 4) is 0 Å². The highest BCUT2D eigenvalue weighted by molar-refractivity contribution is 9.10. The minimum Gasteiger partial charge on any atom is -0.328 e. The summed E-state index contributed by atoms with van der Waals surface area (Å²) in [6.45, 7) is 4.44. The van der Waals surface area contributed by atoms with Crippen molar-refractivity contribution in [3.63, 3.8) is 0 Å². The van der Waals surface area contributed by atoms with Crippen LogP contribution in [0, 0.1) is 0 Å². The van der Waals surface area contributed by atoms with Crippen LogP contribution in [0.1, 0.15) is 38.2 Å². The summed E-state index contributed by atoms with van der Waals surface area (Å²) in [5, 5.41) is 0. The van der Waals surface area contributed by atoms with E-state index < -0.39 is 0 Å². The number of nitrogens with zero attached hydrogens (tertiary/aromatic N) is 1. The summed E-state index contributed by atoms with van der Waals surface area (Å²) in [5.74, 6) is 0. The van der Waals surface area contributed by atoms with Crippen LogP contribution in [0.4, 0.5) is 0 Å². The Kier molecular flexibility index (Phi) is 5.22.